The molecule has 0 unspecified atom stereocenters. The van der Waals surface area contributed by atoms with Crippen LogP contribution in [0.1, 0.15) is 0 Å². The summed E-state index contributed by atoms with van der Waals surface area (Å²) in [4.78, 5) is 12.9. The zero-order valence-corrected chi connectivity index (χ0v) is 6.10. The highest BCUT2D eigenvalue weighted by Gasteiger charge is 1.80. The molecule has 0 spiro atoms. The molecule has 0 bridgehead atoms. The average Bonchev–Trinajstić information content (AvgIpc) is 2.41. The Kier molecular flexibility index (Phi) is 5.72. The molecular weight excluding hydrogens is 170 g/mol. The van der Waals surface area contributed by atoms with Crippen LogP contribution in [0.25, 0.3) is 0 Å². The van der Waals surface area contributed by atoms with E-state index >= 15 is 0 Å². The Labute approximate surface area is 66.0 Å². The van der Waals surface area contributed by atoms with Gasteiger partial charge in [-0.05, 0) is 11.5 Å². The van der Waals surface area contributed by atoms with Crippen LogP contribution in [0.5, 0.6) is 0 Å². The van der Waals surface area contributed by atoms with E-state index in [1.807, 2.05) is 0 Å². The molecule has 60 valence electrons. The molecule has 2 N–H and O–H groups in total. The molecule has 0 saturated heterocycles. The Morgan fingerprint density at radius 1 is 1.73 bits per heavy atom. The van der Waals surface area contributed by atoms with Gasteiger partial charge in [0.15, 0.2) is 6.21 Å². The fourth-order valence-electron chi connectivity index (χ4n) is 0.185. The van der Waals surface area contributed by atoms with Crippen molar-refractivity contribution < 1.29 is 15.1 Å². The first-order valence-corrected chi connectivity index (χ1v) is 3.20. The number of carboxylic acid groups (broad SMARTS) is 1. The van der Waals surface area contributed by atoms with Crippen molar-refractivity contribution in [3.63, 3.8) is 0 Å². The highest BCUT2D eigenvalue weighted by molar-refractivity contribution is 7.03. The van der Waals surface area contributed by atoms with Crippen molar-refractivity contribution in [1.29, 1.82) is 0 Å². The van der Waals surface area contributed by atoms with Crippen molar-refractivity contribution in [3.05, 3.63) is 11.8 Å². The fraction of sp³-hybridized carbons (Fsp3) is 0. The van der Waals surface area contributed by atoms with Crippen molar-refractivity contribution in [1.82, 2.24) is 9.36 Å². The van der Waals surface area contributed by atoms with Gasteiger partial charge >= 0.3 is 5.97 Å². The first-order valence-electron chi connectivity index (χ1n) is 2.37. The van der Waals surface area contributed by atoms with Gasteiger partial charge in [0.1, 0.15) is 11.8 Å². The summed E-state index contributed by atoms with van der Waals surface area (Å²) in [5.74, 6) is -1.25. The molecule has 0 saturated carbocycles. The van der Waals surface area contributed by atoms with E-state index in [2.05, 4.69) is 14.5 Å². The molecule has 1 heterocycles. The molecule has 0 amide bonds. The Morgan fingerprint density at radius 2 is 2.45 bits per heavy atom. The largest absolute Gasteiger partial charge is 0.477 e. The molecule has 0 aliphatic heterocycles. The van der Waals surface area contributed by atoms with Gasteiger partial charge < -0.3 is 10.3 Å². The van der Waals surface area contributed by atoms with Gasteiger partial charge in [-0.15, -0.1) is 0 Å². The zero-order chi connectivity index (χ0) is 8.53. The van der Waals surface area contributed by atoms with Crippen molar-refractivity contribution in [2.45, 2.75) is 0 Å². The highest BCUT2D eigenvalue weighted by Crippen LogP contribution is 1.77. The van der Waals surface area contributed by atoms with Gasteiger partial charge in [0.2, 0.25) is 0 Å². The van der Waals surface area contributed by atoms with Crippen LogP contribution in [0.2, 0.25) is 0 Å². The minimum Gasteiger partial charge on any atom is -0.477 e. The minimum absolute atomic E-state index is 0.389. The molecule has 6 nitrogen and oxygen atoms in total. The van der Waals surface area contributed by atoms with Crippen LogP contribution in [-0.2, 0) is 4.79 Å². The van der Waals surface area contributed by atoms with Gasteiger partial charge in [0.05, 0.1) is 0 Å². The molecule has 1 rings (SSSR count). The summed E-state index contributed by atoms with van der Waals surface area (Å²) < 4.78 is 3.65. The maximum Gasteiger partial charge on any atom is 0.350 e. The topological polar surface area (TPSA) is 95.7 Å². The van der Waals surface area contributed by atoms with Crippen molar-refractivity contribution in [2.24, 2.45) is 5.16 Å². The number of nitrogens with zero attached hydrogens (tertiary/aromatic N) is 3. The van der Waals surface area contributed by atoms with E-state index in [1.165, 1.54) is 17.9 Å². The van der Waals surface area contributed by atoms with E-state index in [9.17, 15) is 4.79 Å². The van der Waals surface area contributed by atoms with Gasteiger partial charge in [-0.3, -0.25) is 0 Å². The standard InChI is InChI=1S/C2H2N2S.C2H3NO3/c1-3-2-5-4-1;4-2(5)1-3-6/h1-2H;1,6H,(H,4,5). The zero-order valence-electron chi connectivity index (χ0n) is 5.28. The minimum atomic E-state index is -1.25. The molecular formula is C4H5N3O3S. The number of carbonyl (C=O) groups is 1. The van der Waals surface area contributed by atoms with Crippen LogP contribution in [0.3, 0.4) is 0 Å². The van der Waals surface area contributed by atoms with E-state index in [4.69, 9.17) is 10.3 Å². The van der Waals surface area contributed by atoms with E-state index < -0.39 is 5.97 Å². The van der Waals surface area contributed by atoms with E-state index in [1.54, 1.807) is 5.51 Å². The second-order valence-electron chi connectivity index (χ2n) is 1.16. The molecule has 0 fully saturated rings. The van der Waals surface area contributed by atoms with Crippen LogP contribution in [-0.4, -0.2) is 31.9 Å². The van der Waals surface area contributed by atoms with Crippen LogP contribution in [0, 0.1) is 0 Å². The monoisotopic (exact) mass is 175 g/mol. The second-order valence-corrected chi connectivity index (χ2v) is 1.80. The quantitative estimate of drug-likeness (QED) is 0.357. The average molecular weight is 175 g/mol. The number of hydrogen-bond donors (Lipinski definition) is 2. The van der Waals surface area contributed by atoms with Crippen LogP contribution < -0.4 is 0 Å². The second kappa shape index (κ2) is 6.62. The fourth-order valence-corrected chi connectivity index (χ4v) is 0.458. The van der Waals surface area contributed by atoms with Crippen molar-refractivity contribution in [3.8, 4) is 0 Å². The molecule has 0 aliphatic rings. The number of oxime groups is 1. The molecule has 7 heteroatoms. The normalized spacial score (nSPS) is 8.73. The molecule has 11 heavy (non-hydrogen) atoms. The number of hydrogen-bond acceptors (Lipinski definition) is 6. The molecule has 0 aromatic carbocycles. The van der Waals surface area contributed by atoms with Crippen molar-refractivity contribution in [2.75, 3.05) is 0 Å². The lowest BCUT2D eigenvalue weighted by Crippen LogP contribution is -1.93. The summed E-state index contributed by atoms with van der Waals surface area (Å²) in [6.07, 6.45) is 1.91. The molecule has 0 atom stereocenters. The molecule has 0 aliphatic carbocycles. The third-order valence-corrected chi connectivity index (χ3v) is 0.883. The lowest BCUT2D eigenvalue weighted by molar-refractivity contribution is -0.128. The Hall–Kier alpha value is -1.50. The third-order valence-electron chi connectivity index (χ3n) is 0.451. The molecule has 0 radical (unpaired) electrons. The van der Waals surface area contributed by atoms with Gasteiger partial charge in [-0.25, -0.2) is 9.78 Å². The number of carboxylic acids is 1. The van der Waals surface area contributed by atoms with Gasteiger partial charge in [0.25, 0.3) is 0 Å². The summed E-state index contributed by atoms with van der Waals surface area (Å²) in [5.41, 5.74) is 1.68. The van der Waals surface area contributed by atoms with Gasteiger partial charge in [-0.1, -0.05) is 5.16 Å². The van der Waals surface area contributed by atoms with E-state index in [0.29, 0.717) is 6.21 Å². The van der Waals surface area contributed by atoms with E-state index in [-0.39, 0.29) is 0 Å². The number of rotatable bonds is 1. The van der Waals surface area contributed by atoms with E-state index in [0.717, 1.165) is 0 Å². The van der Waals surface area contributed by atoms with Crippen LogP contribution in [0.15, 0.2) is 17.0 Å². The summed E-state index contributed by atoms with van der Waals surface area (Å²) >= 11 is 1.35. The lowest BCUT2D eigenvalue weighted by Gasteiger charge is -1.67. The maximum absolute atomic E-state index is 9.29. The lowest BCUT2D eigenvalue weighted by atomic mass is 10.8. The first kappa shape index (κ1) is 9.50. The first-order chi connectivity index (χ1) is 5.27. The summed E-state index contributed by atoms with van der Waals surface area (Å²) in [5, 5.41) is 17.2. The highest BCUT2D eigenvalue weighted by atomic mass is 32.1. The predicted octanol–water partition coefficient (Wildman–Crippen LogP) is 0.0691. The van der Waals surface area contributed by atoms with Crippen LogP contribution >= 0.6 is 11.5 Å². The predicted molar refractivity (Wildman–Crippen MR) is 37.8 cm³/mol. The molecule has 1 aromatic heterocycles. The number of aromatic nitrogens is 2. The Morgan fingerprint density at radius 3 is 2.55 bits per heavy atom. The molecule has 1 aromatic rings. The SMILES string of the molecule is O=C(O)C=NO.c1ncsn1. The van der Waals surface area contributed by atoms with Gasteiger partial charge in [0, 0.05) is 0 Å². The summed E-state index contributed by atoms with van der Waals surface area (Å²) in [7, 11) is 0. The third kappa shape index (κ3) is 8.50. The van der Waals surface area contributed by atoms with Crippen molar-refractivity contribution >= 4 is 23.7 Å². The van der Waals surface area contributed by atoms with Gasteiger partial charge in [-0.2, -0.15) is 4.37 Å². The maximum atomic E-state index is 9.29. The smallest absolute Gasteiger partial charge is 0.350 e. The number of aliphatic carboxylic acids is 1. The Bertz CT molecular complexity index is 193. The summed E-state index contributed by atoms with van der Waals surface area (Å²) in [6, 6.07) is 0. The summed E-state index contributed by atoms with van der Waals surface area (Å²) in [6.45, 7) is 0. The Balaban J connectivity index is 0.000000183. The van der Waals surface area contributed by atoms with Crippen LogP contribution in [0.4, 0.5) is 0 Å².